The summed E-state index contributed by atoms with van der Waals surface area (Å²) in [5.41, 5.74) is -0.111. The summed E-state index contributed by atoms with van der Waals surface area (Å²) in [5, 5.41) is 8.99. The van der Waals surface area contributed by atoms with Crippen LogP contribution in [0.25, 0.3) is 0 Å². The first-order valence-electron chi connectivity index (χ1n) is 2.54. The second-order valence-corrected chi connectivity index (χ2v) is 2.54. The van der Waals surface area contributed by atoms with E-state index in [9.17, 15) is 0 Å². The molecule has 0 radical (unpaired) electrons. The first kappa shape index (κ1) is 3.03. The molecule has 0 aromatic rings. The van der Waals surface area contributed by atoms with Crippen molar-refractivity contribution >= 4 is 0 Å². The minimum Gasteiger partial charge on any atom is -0.390 e. The minimum absolute atomic E-state index is 0.111. The third-order valence-electron chi connectivity index (χ3n) is 2.13. The summed E-state index contributed by atoms with van der Waals surface area (Å²) < 4.78 is 0. The highest BCUT2D eigenvalue weighted by molar-refractivity contribution is 5.11. The summed E-state index contributed by atoms with van der Waals surface area (Å²) >= 11 is 0. The van der Waals surface area contributed by atoms with Gasteiger partial charge in [0, 0.05) is 0 Å². The molecule has 0 saturated heterocycles. The van der Waals surface area contributed by atoms with Gasteiger partial charge in [-0.2, -0.15) is 0 Å². The molecule has 1 N–H and O–H groups in total. The Morgan fingerprint density at radius 2 is 2.33 bits per heavy atom. The van der Waals surface area contributed by atoms with Gasteiger partial charge in [0.1, 0.15) is 0 Å². The molecule has 0 heterocycles. The van der Waals surface area contributed by atoms with E-state index in [0.29, 0.717) is 0 Å². The Labute approximate surface area is 37.0 Å². The van der Waals surface area contributed by atoms with Crippen LogP contribution in [-0.2, 0) is 0 Å². The zero-order chi connectivity index (χ0) is 4.20. The quantitative estimate of drug-likeness (QED) is 0.454. The second-order valence-electron chi connectivity index (χ2n) is 2.54. The molecule has 1 heteroatoms. The summed E-state index contributed by atoms with van der Waals surface area (Å²) in [6.07, 6.45) is 3.47. The minimum atomic E-state index is -0.111. The largest absolute Gasteiger partial charge is 0.390 e. The lowest BCUT2D eigenvalue weighted by molar-refractivity contribution is 0.0706. The molecular formula is C5H8O. The van der Waals surface area contributed by atoms with Gasteiger partial charge in [-0.05, 0) is 25.2 Å². The average molecular weight is 84.1 g/mol. The number of hydrogen-bond acceptors (Lipinski definition) is 1. The van der Waals surface area contributed by atoms with Crippen LogP contribution >= 0.6 is 0 Å². The SMILES string of the molecule is OC12CCC1C2. The Balaban J connectivity index is 2.22. The van der Waals surface area contributed by atoms with E-state index in [2.05, 4.69) is 0 Å². The summed E-state index contributed by atoms with van der Waals surface area (Å²) in [6.45, 7) is 0. The van der Waals surface area contributed by atoms with E-state index in [1.54, 1.807) is 0 Å². The summed E-state index contributed by atoms with van der Waals surface area (Å²) in [7, 11) is 0. The van der Waals surface area contributed by atoms with Crippen LogP contribution in [0.15, 0.2) is 0 Å². The molecule has 6 heavy (non-hydrogen) atoms. The van der Waals surface area contributed by atoms with Crippen molar-refractivity contribution < 1.29 is 5.11 Å². The Kier molecular flexibility index (Phi) is 0.274. The molecule has 2 aliphatic carbocycles. The van der Waals surface area contributed by atoms with Crippen molar-refractivity contribution in [3.63, 3.8) is 0 Å². The van der Waals surface area contributed by atoms with Gasteiger partial charge >= 0.3 is 0 Å². The van der Waals surface area contributed by atoms with Gasteiger partial charge in [0.25, 0.3) is 0 Å². The van der Waals surface area contributed by atoms with E-state index in [1.165, 1.54) is 6.42 Å². The predicted molar refractivity (Wildman–Crippen MR) is 22.3 cm³/mol. The monoisotopic (exact) mass is 84.1 g/mol. The van der Waals surface area contributed by atoms with Crippen LogP contribution in [0, 0.1) is 5.92 Å². The lowest BCUT2D eigenvalue weighted by atomic mass is 9.97. The molecule has 2 atom stereocenters. The zero-order valence-electron chi connectivity index (χ0n) is 3.65. The van der Waals surface area contributed by atoms with Crippen LogP contribution < -0.4 is 0 Å². The highest BCUT2D eigenvalue weighted by Crippen LogP contribution is 2.59. The van der Waals surface area contributed by atoms with Gasteiger partial charge in [-0.3, -0.25) is 0 Å². The lowest BCUT2D eigenvalue weighted by Crippen LogP contribution is -2.19. The fourth-order valence-corrected chi connectivity index (χ4v) is 1.25. The smallest absolute Gasteiger partial charge is 0.0680 e. The average Bonchev–Trinajstić information content (AvgIpc) is 1.88. The van der Waals surface area contributed by atoms with E-state index < -0.39 is 0 Å². The molecule has 0 spiro atoms. The van der Waals surface area contributed by atoms with E-state index in [0.717, 1.165) is 18.8 Å². The molecule has 2 saturated carbocycles. The molecule has 1 nitrogen and oxygen atoms in total. The van der Waals surface area contributed by atoms with Crippen LogP contribution in [0.4, 0.5) is 0 Å². The third-order valence-corrected chi connectivity index (χ3v) is 2.13. The predicted octanol–water partition coefficient (Wildman–Crippen LogP) is 0.531. The van der Waals surface area contributed by atoms with E-state index in [4.69, 9.17) is 5.11 Å². The molecule has 2 aliphatic rings. The summed E-state index contributed by atoms with van der Waals surface area (Å²) in [4.78, 5) is 0. The molecule has 0 bridgehead atoms. The Bertz CT molecular complexity index is 85.9. The zero-order valence-corrected chi connectivity index (χ0v) is 3.65. The normalized spacial score (nSPS) is 62.5. The maximum atomic E-state index is 8.99. The fourth-order valence-electron chi connectivity index (χ4n) is 1.25. The van der Waals surface area contributed by atoms with Gasteiger partial charge in [-0.1, -0.05) is 0 Å². The molecule has 0 aliphatic heterocycles. The number of rotatable bonds is 0. The first-order valence-corrected chi connectivity index (χ1v) is 2.54. The van der Waals surface area contributed by atoms with E-state index in [1.807, 2.05) is 0 Å². The van der Waals surface area contributed by atoms with Crippen LogP contribution in [0.1, 0.15) is 19.3 Å². The second kappa shape index (κ2) is 0.544. The molecule has 0 aromatic heterocycles. The van der Waals surface area contributed by atoms with E-state index in [-0.39, 0.29) is 5.60 Å². The lowest BCUT2D eigenvalue weighted by Gasteiger charge is -2.17. The van der Waals surface area contributed by atoms with Crippen molar-refractivity contribution in [1.29, 1.82) is 0 Å². The van der Waals surface area contributed by atoms with Crippen LogP contribution in [0.2, 0.25) is 0 Å². The number of aliphatic hydroxyl groups is 1. The summed E-state index contributed by atoms with van der Waals surface area (Å²) in [5.74, 6) is 0.734. The molecule has 2 rings (SSSR count). The molecule has 2 unspecified atom stereocenters. The Morgan fingerprint density at radius 1 is 1.67 bits per heavy atom. The van der Waals surface area contributed by atoms with Crippen molar-refractivity contribution in [2.45, 2.75) is 24.9 Å². The Morgan fingerprint density at radius 3 is 2.33 bits per heavy atom. The number of fused-ring (bicyclic) bond motifs is 1. The van der Waals surface area contributed by atoms with Crippen molar-refractivity contribution in [2.75, 3.05) is 0 Å². The topological polar surface area (TPSA) is 20.2 Å². The molecule has 34 valence electrons. The Hall–Kier alpha value is -0.0400. The maximum absolute atomic E-state index is 8.99. The first-order chi connectivity index (χ1) is 2.81. The highest BCUT2D eigenvalue weighted by atomic mass is 16.3. The molecule has 0 amide bonds. The van der Waals surface area contributed by atoms with Crippen LogP contribution in [-0.4, -0.2) is 10.7 Å². The van der Waals surface area contributed by atoms with Crippen molar-refractivity contribution in [3.8, 4) is 0 Å². The molecular weight excluding hydrogens is 76.1 g/mol. The van der Waals surface area contributed by atoms with Gasteiger partial charge in [-0.15, -0.1) is 0 Å². The molecule has 2 fully saturated rings. The molecule has 0 aromatic carbocycles. The van der Waals surface area contributed by atoms with Crippen LogP contribution in [0.3, 0.4) is 0 Å². The van der Waals surface area contributed by atoms with Crippen molar-refractivity contribution in [1.82, 2.24) is 0 Å². The van der Waals surface area contributed by atoms with Gasteiger partial charge in [-0.25, -0.2) is 0 Å². The number of hydrogen-bond donors (Lipinski definition) is 1. The van der Waals surface area contributed by atoms with Gasteiger partial charge < -0.3 is 5.11 Å². The van der Waals surface area contributed by atoms with Gasteiger partial charge in [0.15, 0.2) is 0 Å². The van der Waals surface area contributed by atoms with Crippen molar-refractivity contribution in [2.24, 2.45) is 5.92 Å². The van der Waals surface area contributed by atoms with Gasteiger partial charge in [0.05, 0.1) is 5.60 Å². The van der Waals surface area contributed by atoms with E-state index >= 15 is 0 Å². The third kappa shape index (κ3) is 0.155. The van der Waals surface area contributed by atoms with Crippen molar-refractivity contribution in [3.05, 3.63) is 0 Å². The van der Waals surface area contributed by atoms with Crippen LogP contribution in [0.5, 0.6) is 0 Å². The van der Waals surface area contributed by atoms with Gasteiger partial charge in [0.2, 0.25) is 0 Å². The highest BCUT2D eigenvalue weighted by Gasteiger charge is 2.59. The maximum Gasteiger partial charge on any atom is 0.0680 e. The fraction of sp³-hybridized carbons (Fsp3) is 1.00. The summed E-state index contributed by atoms with van der Waals surface area (Å²) in [6, 6.07) is 0. The standard InChI is InChI=1S/C5H8O/c6-5-2-1-4(5)3-5/h4,6H,1-3H2.